The molecule has 2 heterocycles. The van der Waals surface area contributed by atoms with Gasteiger partial charge in [-0.2, -0.15) is 17.5 Å². The van der Waals surface area contributed by atoms with Crippen molar-refractivity contribution in [1.82, 2.24) is 4.37 Å². The van der Waals surface area contributed by atoms with Gasteiger partial charge in [0.1, 0.15) is 11.5 Å². The van der Waals surface area contributed by atoms with Crippen LogP contribution in [0, 0.1) is 11.6 Å². The number of nitrogens with zero attached hydrogens (tertiary/aromatic N) is 1. The average molecular weight is 487 g/mol. The number of hydrogen-bond acceptors (Lipinski definition) is 6. The van der Waals surface area contributed by atoms with Gasteiger partial charge in [0.25, 0.3) is 0 Å². The third-order valence-corrected chi connectivity index (χ3v) is 5.67. The zero-order valence-corrected chi connectivity index (χ0v) is 17.4. The molecular weight excluding hydrogens is 473 g/mol. The SMILES string of the molecule is O=C(O)CCc1cc(F)c(OCc2c(-c3ccc4c(c3)OCO4)nsc2C(F)(F)F)c(F)c1. The third-order valence-electron chi connectivity index (χ3n) is 4.74. The van der Waals surface area contributed by atoms with Crippen molar-refractivity contribution in [2.45, 2.75) is 25.6 Å². The number of rotatable bonds is 7. The van der Waals surface area contributed by atoms with E-state index in [1.165, 1.54) is 18.2 Å². The van der Waals surface area contributed by atoms with Crippen LogP contribution in [0.2, 0.25) is 0 Å². The minimum atomic E-state index is -4.76. The van der Waals surface area contributed by atoms with Crippen molar-refractivity contribution in [3.8, 4) is 28.5 Å². The van der Waals surface area contributed by atoms with Crippen molar-refractivity contribution < 1.29 is 46.1 Å². The van der Waals surface area contributed by atoms with Crippen LogP contribution in [0.25, 0.3) is 11.3 Å². The van der Waals surface area contributed by atoms with E-state index in [1.807, 2.05) is 0 Å². The van der Waals surface area contributed by atoms with Crippen molar-refractivity contribution >= 4 is 17.5 Å². The predicted molar refractivity (Wildman–Crippen MR) is 105 cm³/mol. The van der Waals surface area contributed by atoms with Crippen LogP contribution in [-0.4, -0.2) is 22.2 Å². The van der Waals surface area contributed by atoms with Crippen molar-refractivity contribution in [3.05, 3.63) is 58.0 Å². The molecule has 174 valence electrons. The molecule has 0 amide bonds. The Bertz CT molecular complexity index is 1190. The van der Waals surface area contributed by atoms with Crippen LogP contribution in [0.3, 0.4) is 0 Å². The molecule has 0 spiro atoms. The summed E-state index contributed by atoms with van der Waals surface area (Å²) < 4.78 is 88.9. The van der Waals surface area contributed by atoms with Gasteiger partial charge < -0.3 is 19.3 Å². The quantitative estimate of drug-likeness (QED) is 0.448. The second kappa shape index (κ2) is 8.85. The number of carboxylic acids is 1. The highest BCUT2D eigenvalue weighted by Gasteiger charge is 2.38. The molecule has 0 bridgehead atoms. The van der Waals surface area contributed by atoms with Crippen LogP contribution >= 0.6 is 11.5 Å². The van der Waals surface area contributed by atoms with Gasteiger partial charge in [0.2, 0.25) is 6.79 Å². The van der Waals surface area contributed by atoms with Gasteiger partial charge >= 0.3 is 12.1 Å². The maximum absolute atomic E-state index is 14.4. The monoisotopic (exact) mass is 487 g/mol. The summed E-state index contributed by atoms with van der Waals surface area (Å²) in [4.78, 5) is 9.58. The lowest BCUT2D eigenvalue weighted by atomic mass is 10.1. The Morgan fingerprint density at radius 3 is 2.48 bits per heavy atom. The van der Waals surface area contributed by atoms with Gasteiger partial charge in [0, 0.05) is 17.5 Å². The lowest BCUT2D eigenvalue weighted by Gasteiger charge is -2.13. The molecular formula is C21H14F5NO5S. The highest BCUT2D eigenvalue weighted by molar-refractivity contribution is 7.06. The van der Waals surface area contributed by atoms with Crippen molar-refractivity contribution in [3.63, 3.8) is 0 Å². The van der Waals surface area contributed by atoms with E-state index in [9.17, 15) is 26.7 Å². The number of alkyl halides is 3. The van der Waals surface area contributed by atoms with E-state index in [0.717, 1.165) is 12.1 Å². The van der Waals surface area contributed by atoms with Gasteiger partial charge in [-0.15, -0.1) is 0 Å². The summed E-state index contributed by atoms with van der Waals surface area (Å²) in [6.07, 6.45) is -5.22. The molecule has 1 N–H and O–H groups in total. The molecule has 0 fully saturated rings. The maximum Gasteiger partial charge on any atom is 0.427 e. The highest BCUT2D eigenvalue weighted by atomic mass is 32.1. The first kappa shape index (κ1) is 22.8. The Hall–Kier alpha value is -3.41. The zero-order chi connectivity index (χ0) is 23.8. The number of aliphatic carboxylic acids is 1. The van der Waals surface area contributed by atoms with Gasteiger partial charge in [0.05, 0.1) is 5.69 Å². The second-order valence-electron chi connectivity index (χ2n) is 6.98. The molecule has 0 saturated heterocycles. The summed E-state index contributed by atoms with van der Waals surface area (Å²) >= 11 is 0.196. The van der Waals surface area contributed by atoms with Crippen LogP contribution in [-0.2, 0) is 24.0 Å². The summed E-state index contributed by atoms with van der Waals surface area (Å²) in [5.74, 6) is -3.57. The number of ether oxygens (including phenoxy) is 3. The number of fused-ring (bicyclic) bond motifs is 1. The number of hydrogen-bond donors (Lipinski definition) is 1. The largest absolute Gasteiger partial charge is 0.483 e. The number of halogens is 5. The second-order valence-corrected chi connectivity index (χ2v) is 7.75. The molecule has 0 saturated carbocycles. The van der Waals surface area contributed by atoms with Crippen LogP contribution < -0.4 is 14.2 Å². The van der Waals surface area contributed by atoms with E-state index in [1.54, 1.807) is 0 Å². The van der Waals surface area contributed by atoms with Gasteiger partial charge in [0.15, 0.2) is 28.9 Å². The van der Waals surface area contributed by atoms with Gasteiger partial charge in [-0.3, -0.25) is 4.79 Å². The van der Waals surface area contributed by atoms with E-state index in [0.29, 0.717) is 11.5 Å². The molecule has 33 heavy (non-hydrogen) atoms. The minimum absolute atomic E-state index is 0.0271. The number of carboxylic acid groups (broad SMARTS) is 1. The Labute approximate surface area is 187 Å². The molecule has 12 heteroatoms. The Balaban J connectivity index is 1.64. The van der Waals surface area contributed by atoms with Crippen molar-refractivity contribution in [2.24, 2.45) is 0 Å². The lowest BCUT2D eigenvalue weighted by Crippen LogP contribution is -2.09. The lowest BCUT2D eigenvalue weighted by molar-refractivity contribution is -0.137. The van der Waals surface area contributed by atoms with Crippen molar-refractivity contribution in [2.75, 3.05) is 6.79 Å². The van der Waals surface area contributed by atoms with E-state index >= 15 is 0 Å². The third kappa shape index (κ3) is 4.85. The molecule has 1 aliphatic heterocycles. The Morgan fingerprint density at radius 1 is 1.12 bits per heavy atom. The molecule has 1 aromatic heterocycles. The minimum Gasteiger partial charge on any atom is -0.483 e. The van der Waals surface area contributed by atoms with Gasteiger partial charge in [-0.05, 0) is 53.8 Å². The van der Waals surface area contributed by atoms with E-state index < -0.39 is 41.0 Å². The van der Waals surface area contributed by atoms with E-state index in [4.69, 9.17) is 19.3 Å². The molecule has 3 aromatic rings. The smallest absolute Gasteiger partial charge is 0.427 e. The number of carbonyl (C=O) groups is 1. The summed E-state index contributed by atoms with van der Waals surface area (Å²) in [5.41, 5.74) is -0.0896. The standard InChI is InChI=1S/C21H14F5NO5S/c22-13-5-10(1-4-17(28)29)6-14(23)19(13)30-8-12-18(27-33-20(12)21(24,25)26)11-2-3-15-16(7-11)32-9-31-15/h2-3,5-7H,1,4,8-9H2,(H,28,29). The summed E-state index contributed by atoms with van der Waals surface area (Å²) in [5, 5.41) is 8.70. The Kier molecular flexibility index (Phi) is 6.11. The Morgan fingerprint density at radius 2 is 1.82 bits per heavy atom. The summed E-state index contributed by atoms with van der Waals surface area (Å²) in [6, 6.07) is 6.24. The van der Waals surface area contributed by atoms with Crippen LogP contribution in [0.4, 0.5) is 22.0 Å². The van der Waals surface area contributed by atoms with Gasteiger partial charge in [-0.1, -0.05) is 0 Å². The van der Waals surface area contributed by atoms with Crippen LogP contribution in [0.5, 0.6) is 17.2 Å². The highest BCUT2D eigenvalue weighted by Crippen LogP contribution is 2.42. The molecule has 0 unspecified atom stereocenters. The number of aromatic nitrogens is 1. The summed E-state index contributed by atoms with van der Waals surface area (Å²) in [6.45, 7) is -0.835. The average Bonchev–Trinajstić information content (AvgIpc) is 3.37. The van der Waals surface area contributed by atoms with Gasteiger partial charge in [-0.25, -0.2) is 8.78 Å². The zero-order valence-electron chi connectivity index (χ0n) is 16.5. The topological polar surface area (TPSA) is 77.9 Å². The van der Waals surface area contributed by atoms with E-state index in [2.05, 4.69) is 4.37 Å². The molecule has 2 aromatic carbocycles. The number of aryl methyl sites for hydroxylation is 1. The molecule has 0 radical (unpaired) electrons. The van der Waals surface area contributed by atoms with E-state index in [-0.39, 0.29) is 53.6 Å². The maximum atomic E-state index is 14.4. The fourth-order valence-electron chi connectivity index (χ4n) is 3.23. The first-order valence-corrected chi connectivity index (χ1v) is 10.2. The molecule has 0 atom stereocenters. The summed E-state index contributed by atoms with van der Waals surface area (Å²) in [7, 11) is 0. The molecule has 1 aliphatic rings. The first-order chi connectivity index (χ1) is 15.6. The van der Waals surface area contributed by atoms with Crippen LogP contribution in [0.15, 0.2) is 30.3 Å². The molecule has 4 rings (SSSR count). The fraction of sp³-hybridized carbons (Fsp3) is 0.238. The number of benzene rings is 2. The van der Waals surface area contributed by atoms with Crippen LogP contribution in [0.1, 0.15) is 22.4 Å². The first-order valence-electron chi connectivity index (χ1n) is 9.41. The fourth-order valence-corrected chi connectivity index (χ4v) is 3.99. The van der Waals surface area contributed by atoms with Crippen molar-refractivity contribution in [1.29, 1.82) is 0 Å². The normalized spacial score (nSPS) is 12.8. The molecule has 0 aliphatic carbocycles. The molecule has 6 nitrogen and oxygen atoms in total. The predicted octanol–water partition coefficient (Wildman–Crippen LogP) is 5.43.